The Morgan fingerprint density at radius 3 is 2.81 bits per heavy atom. The Balaban J connectivity index is 2.36. The summed E-state index contributed by atoms with van der Waals surface area (Å²) < 4.78 is 10.4. The third-order valence-corrected chi connectivity index (χ3v) is 3.25. The van der Waals surface area contributed by atoms with Crippen molar-refractivity contribution in [2.24, 2.45) is 17.3 Å². The van der Waals surface area contributed by atoms with Gasteiger partial charge in [-0.05, 0) is 38.5 Å². The molecule has 0 spiro atoms. The summed E-state index contributed by atoms with van der Waals surface area (Å²) in [6.45, 7) is 10.9. The van der Waals surface area contributed by atoms with Crippen molar-refractivity contribution >= 4 is 5.97 Å². The van der Waals surface area contributed by atoms with Gasteiger partial charge in [0.15, 0.2) is 0 Å². The predicted molar refractivity (Wildman–Crippen MR) is 62.8 cm³/mol. The van der Waals surface area contributed by atoms with E-state index in [1.54, 1.807) is 0 Å². The van der Waals surface area contributed by atoms with E-state index in [0.29, 0.717) is 11.8 Å². The molecule has 3 nitrogen and oxygen atoms in total. The highest BCUT2D eigenvalue weighted by molar-refractivity contribution is 5.77. The molecule has 1 saturated carbocycles. The molecule has 2 unspecified atom stereocenters. The lowest BCUT2D eigenvalue weighted by molar-refractivity contribution is -0.149. The number of esters is 1. The second-order valence-corrected chi connectivity index (χ2v) is 4.97. The van der Waals surface area contributed by atoms with Crippen molar-refractivity contribution in [2.45, 2.75) is 33.6 Å². The third kappa shape index (κ3) is 3.08. The van der Waals surface area contributed by atoms with Crippen LogP contribution in [0.1, 0.15) is 33.6 Å². The lowest BCUT2D eigenvalue weighted by atomic mass is 9.86. The van der Waals surface area contributed by atoms with Crippen LogP contribution in [0.4, 0.5) is 0 Å². The van der Waals surface area contributed by atoms with Crippen LogP contribution in [0.25, 0.3) is 0 Å². The van der Waals surface area contributed by atoms with E-state index in [1.807, 2.05) is 13.8 Å². The van der Waals surface area contributed by atoms with E-state index in [4.69, 9.17) is 9.47 Å². The van der Waals surface area contributed by atoms with Gasteiger partial charge in [-0.25, -0.2) is 0 Å². The number of rotatable bonds is 7. The predicted octanol–water partition coefficient (Wildman–Crippen LogP) is 2.76. The highest BCUT2D eigenvalue weighted by atomic mass is 16.5. The molecule has 1 rings (SSSR count). The summed E-state index contributed by atoms with van der Waals surface area (Å²) in [5.74, 6) is 0.709. The first-order chi connectivity index (χ1) is 7.54. The minimum Gasteiger partial charge on any atom is -0.435 e. The van der Waals surface area contributed by atoms with Gasteiger partial charge in [-0.3, -0.25) is 4.79 Å². The molecule has 0 saturated heterocycles. The molecule has 0 heterocycles. The van der Waals surface area contributed by atoms with E-state index in [9.17, 15) is 4.79 Å². The molecule has 16 heavy (non-hydrogen) atoms. The average Bonchev–Trinajstić information content (AvgIpc) is 2.99. The van der Waals surface area contributed by atoms with Crippen LogP contribution in [-0.2, 0) is 14.3 Å². The van der Waals surface area contributed by atoms with E-state index in [-0.39, 0.29) is 5.97 Å². The minimum absolute atomic E-state index is 0.189. The first-order valence-corrected chi connectivity index (χ1v) is 5.93. The van der Waals surface area contributed by atoms with Crippen LogP contribution in [0.3, 0.4) is 0 Å². The molecule has 0 aromatic rings. The van der Waals surface area contributed by atoms with Crippen molar-refractivity contribution < 1.29 is 14.3 Å². The highest BCUT2D eigenvalue weighted by Crippen LogP contribution is 2.51. The van der Waals surface area contributed by atoms with Crippen molar-refractivity contribution in [1.82, 2.24) is 0 Å². The standard InChI is InChI=1S/C13H22O3/c1-5-7-15-9-10-8-11(10)13(3,4)12(14)16-6-2/h6,10-11H,2,5,7-9H2,1,3-4H3. The van der Waals surface area contributed by atoms with E-state index >= 15 is 0 Å². The molecule has 0 amide bonds. The second kappa shape index (κ2) is 5.48. The van der Waals surface area contributed by atoms with Crippen LogP contribution in [0.15, 0.2) is 12.8 Å². The quantitative estimate of drug-likeness (QED) is 0.380. The van der Waals surface area contributed by atoms with Crippen molar-refractivity contribution in [3.63, 3.8) is 0 Å². The van der Waals surface area contributed by atoms with Gasteiger partial charge in [0.05, 0.1) is 11.7 Å². The zero-order valence-electron chi connectivity index (χ0n) is 10.5. The maximum absolute atomic E-state index is 11.7. The average molecular weight is 226 g/mol. The van der Waals surface area contributed by atoms with Crippen LogP contribution in [0.2, 0.25) is 0 Å². The molecule has 0 bridgehead atoms. The van der Waals surface area contributed by atoms with Gasteiger partial charge >= 0.3 is 5.97 Å². The van der Waals surface area contributed by atoms with Gasteiger partial charge in [-0.2, -0.15) is 0 Å². The lowest BCUT2D eigenvalue weighted by Gasteiger charge is -2.21. The third-order valence-electron chi connectivity index (χ3n) is 3.25. The summed E-state index contributed by atoms with van der Waals surface area (Å²) in [7, 11) is 0. The molecule has 0 N–H and O–H groups in total. The molecule has 2 atom stereocenters. The van der Waals surface area contributed by atoms with Crippen molar-refractivity contribution in [2.75, 3.05) is 13.2 Å². The molecule has 0 aliphatic heterocycles. The highest BCUT2D eigenvalue weighted by Gasteiger charge is 2.52. The summed E-state index contributed by atoms with van der Waals surface area (Å²) in [4.78, 5) is 11.7. The fourth-order valence-corrected chi connectivity index (χ4v) is 2.07. The molecule has 1 aliphatic carbocycles. The van der Waals surface area contributed by atoms with Gasteiger partial charge in [0.25, 0.3) is 0 Å². The maximum atomic E-state index is 11.7. The van der Waals surface area contributed by atoms with Crippen LogP contribution in [-0.4, -0.2) is 19.2 Å². The Bertz CT molecular complexity index is 258. The fraction of sp³-hybridized carbons (Fsp3) is 0.769. The number of ether oxygens (including phenoxy) is 2. The molecular formula is C13H22O3. The van der Waals surface area contributed by atoms with Crippen molar-refractivity contribution in [1.29, 1.82) is 0 Å². The maximum Gasteiger partial charge on any atom is 0.316 e. The zero-order chi connectivity index (χ0) is 12.2. The van der Waals surface area contributed by atoms with Gasteiger partial charge in [-0.1, -0.05) is 13.5 Å². The van der Waals surface area contributed by atoms with Crippen molar-refractivity contribution in [3.05, 3.63) is 12.8 Å². The molecule has 1 aliphatic rings. The Morgan fingerprint density at radius 2 is 2.25 bits per heavy atom. The summed E-state index contributed by atoms with van der Waals surface area (Å²) in [5, 5.41) is 0. The molecule has 0 aromatic heterocycles. The monoisotopic (exact) mass is 226 g/mol. The second-order valence-electron chi connectivity index (χ2n) is 4.97. The van der Waals surface area contributed by atoms with E-state index in [2.05, 4.69) is 13.5 Å². The summed E-state index contributed by atoms with van der Waals surface area (Å²) >= 11 is 0. The normalized spacial score (nSPS) is 23.9. The van der Waals surface area contributed by atoms with Gasteiger partial charge < -0.3 is 9.47 Å². The van der Waals surface area contributed by atoms with Gasteiger partial charge in [0.2, 0.25) is 0 Å². The molecule has 3 heteroatoms. The first kappa shape index (κ1) is 13.2. The molecule has 1 fully saturated rings. The Morgan fingerprint density at radius 1 is 1.56 bits per heavy atom. The van der Waals surface area contributed by atoms with Gasteiger partial charge in [0, 0.05) is 13.2 Å². The SMILES string of the molecule is C=COC(=O)C(C)(C)C1CC1COCCC. The van der Waals surface area contributed by atoms with Crippen LogP contribution in [0.5, 0.6) is 0 Å². The Hall–Kier alpha value is -0.830. The zero-order valence-corrected chi connectivity index (χ0v) is 10.5. The van der Waals surface area contributed by atoms with Crippen molar-refractivity contribution in [3.8, 4) is 0 Å². The Kier molecular flexibility index (Phi) is 4.54. The van der Waals surface area contributed by atoms with Gasteiger partial charge in [-0.15, -0.1) is 0 Å². The molecule has 0 radical (unpaired) electrons. The first-order valence-electron chi connectivity index (χ1n) is 5.93. The summed E-state index contributed by atoms with van der Waals surface area (Å²) in [6.07, 6.45) is 3.30. The Labute approximate surface area is 97.8 Å². The van der Waals surface area contributed by atoms with Gasteiger partial charge in [0.1, 0.15) is 0 Å². The van der Waals surface area contributed by atoms with E-state index in [0.717, 1.165) is 26.1 Å². The smallest absolute Gasteiger partial charge is 0.316 e. The topological polar surface area (TPSA) is 35.5 Å². The molecular weight excluding hydrogens is 204 g/mol. The van der Waals surface area contributed by atoms with E-state index in [1.165, 1.54) is 6.26 Å². The van der Waals surface area contributed by atoms with Crippen LogP contribution < -0.4 is 0 Å². The lowest BCUT2D eigenvalue weighted by Crippen LogP contribution is -2.28. The summed E-state index contributed by atoms with van der Waals surface area (Å²) in [6, 6.07) is 0. The number of carbonyl (C=O) groups is 1. The van der Waals surface area contributed by atoms with Crippen LogP contribution >= 0.6 is 0 Å². The number of hydrogen-bond acceptors (Lipinski definition) is 3. The molecule has 0 aromatic carbocycles. The van der Waals surface area contributed by atoms with E-state index < -0.39 is 5.41 Å². The van der Waals surface area contributed by atoms with Crippen LogP contribution in [0, 0.1) is 17.3 Å². The number of carbonyl (C=O) groups excluding carboxylic acids is 1. The number of hydrogen-bond donors (Lipinski definition) is 0. The summed E-state index contributed by atoms with van der Waals surface area (Å²) in [5.41, 5.74) is -0.422. The fourth-order valence-electron chi connectivity index (χ4n) is 2.07. The largest absolute Gasteiger partial charge is 0.435 e. The minimum atomic E-state index is -0.422. The molecule has 92 valence electrons.